The van der Waals surface area contributed by atoms with Crippen molar-refractivity contribution < 1.29 is 14.6 Å². The van der Waals surface area contributed by atoms with Gasteiger partial charge in [0, 0.05) is 38.4 Å². The van der Waals surface area contributed by atoms with E-state index in [9.17, 15) is 9.90 Å². The van der Waals surface area contributed by atoms with Crippen LogP contribution in [0.25, 0.3) is 0 Å². The van der Waals surface area contributed by atoms with Crippen molar-refractivity contribution in [3.05, 3.63) is 17.5 Å². The number of piperidine rings is 1. The number of aryl methyl sites for hydroxylation is 3. The Balaban J connectivity index is 1.47. The normalized spacial score (nSPS) is 27.8. The van der Waals surface area contributed by atoms with Gasteiger partial charge >= 0.3 is 0 Å². The van der Waals surface area contributed by atoms with Gasteiger partial charge in [-0.1, -0.05) is 0 Å². The minimum Gasteiger partial charge on any atom is -0.388 e. The minimum absolute atomic E-state index is 0.124. The third-order valence-corrected chi connectivity index (χ3v) is 5.16. The van der Waals surface area contributed by atoms with E-state index in [-0.39, 0.29) is 11.5 Å². The Morgan fingerprint density at radius 2 is 2.30 bits per heavy atom. The average Bonchev–Trinajstić information content (AvgIpc) is 3.10. The Hall–Kier alpha value is -1.40. The molecule has 1 aromatic rings. The minimum atomic E-state index is -0.557. The molecule has 2 saturated heterocycles. The predicted octanol–water partition coefficient (Wildman–Crippen LogP) is 1.42. The molecule has 0 saturated carbocycles. The van der Waals surface area contributed by atoms with Crippen molar-refractivity contribution in [3.8, 4) is 0 Å². The second kappa shape index (κ2) is 6.61. The first kappa shape index (κ1) is 16.5. The number of amides is 1. The number of likely N-dealkylation sites (tertiary alicyclic amines) is 1. The van der Waals surface area contributed by atoms with Gasteiger partial charge in [-0.25, -0.2) is 0 Å². The van der Waals surface area contributed by atoms with E-state index in [4.69, 9.17) is 4.74 Å². The van der Waals surface area contributed by atoms with E-state index in [0.717, 1.165) is 50.2 Å². The van der Waals surface area contributed by atoms with Crippen molar-refractivity contribution in [2.75, 3.05) is 19.7 Å². The van der Waals surface area contributed by atoms with E-state index in [2.05, 4.69) is 5.10 Å². The fraction of sp³-hybridized carbons (Fsp3) is 0.765. The number of aliphatic hydroxyl groups excluding tert-OH is 1. The fourth-order valence-corrected chi connectivity index (χ4v) is 3.80. The molecule has 2 fully saturated rings. The second-order valence-corrected chi connectivity index (χ2v) is 6.88. The summed E-state index contributed by atoms with van der Waals surface area (Å²) < 4.78 is 7.73. The molecule has 2 aliphatic rings. The van der Waals surface area contributed by atoms with E-state index in [0.29, 0.717) is 19.5 Å². The first-order valence-electron chi connectivity index (χ1n) is 8.61. The second-order valence-electron chi connectivity index (χ2n) is 6.88. The van der Waals surface area contributed by atoms with Crippen molar-refractivity contribution in [3.63, 3.8) is 0 Å². The van der Waals surface area contributed by atoms with Gasteiger partial charge in [-0.3, -0.25) is 9.48 Å². The molecule has 0 unspecified atom stereocenters. The largest absolute Gasteiger partial charge is 0.388 e. The van der Waals surface area contributed by atoms with Crippen LogP contribution in [0.5, 0.6) is 0 Å². The highest BCUT2D eigenvalue weighted by Crippen LogP contribution is 2.36. The van der Waals surface area contributed by atoms with Crippen LogP contribution < -0.4 is 0 Å². The number of aliphatic hydroxyl groups is 1. The number of hydrogen-bond donors (Lipinski definition) is 1. The average molecular weight is 321 g/mol. The van der Waals surface area contributed by atoms with Crippen LogP contribution in [0.3, 0.4) is 0 Å². The summed E-state index contributed by atoms with van der Waals surface area (Å²) in [5.74, 6) is 0.124. The Bertz CT molecular complexity index is 563. The highest BCUT2D eigenvalue weighted by Gasteiger charge is 2.46. The van der Waals surface area contributed by atoms with Crippen LogP contribution in [0.2, 0.25) is 0 Å². The van der Waals surface area contributed by atoms with E-state index < -0.39 is 6.10 Å². The highest BCUT2D eigenvalue weighted by atomic mass is 16.5. The van der Waals surface area contributed by atoms with Crippen LogP contribution in [0.1, 0.15) is 43.5 Å². The van der Waals surface area contributed by atoms with Gasteiger partial charge in [-0.05, 0) is 45.6 Å². The molecule has 0 aliphatic carbocycles. The van der Waals surface area contributed by atoms with Gasteiger partial charge in [0.25, 0.3) is 0 Å². The molecule has 6 heteroatoms. The van der Waals surface area contributed by atoms with Gasteiger partial charge in [-0.15, -0.1) is 0 Å². The number of aromatic nitrogens is 2. The van der Waals surface area contributed by atoms with Gasteiger partial charge in [0.15, 0.2) is 0 Å². The maximum atomic E-state index is 12.4. The van der Waals surface area contributed by atoms with Gasteiger partial charge in [0.05, 0.1) is 11.3 Å². The molecule has 1 aromatic heterocycles. The van der Waals surface area contributed by atoms with E-state index in [1.807, 2.05) is 24.6 Å². The number of rotatable bonds is 4. The third kappa shape index (κ3) is 3.43. The zero-order chi connectivity index (χ0) is 16.4. The summed E-state index contributed by atoms with van der Waals surface area (Å²) in [6.45, 7) is 6.59. The fourth-order valence-electron chi connectivity index (χ4n) is 3.80. The zero-order valence-corrected chi connectivity index (χ0v) is 14.1. The molecule has 23 heavy (non-hydrogen) atoms. The van der Waals surface area contributed by atoms with Gasteiger partial charge in [0.1, 0.15) is 6.10 Å². The summed E-state index contributed by atoms with van der Waals surface area (Å²) in [6, 6.07) is 2.05. The summed E-state index contributed by atoms with van der Waals surface area (Å²) in [4.78, 5) is 14.2. The molecule has 0 radical (unpaired) electrons. The van der Waals surface area contributed by atoms with Gasteiger partial charge in [0.2, 0.25) is 5.91 Å². The molecule has 1 amide bonds. The lowest BCUT2D eigenvalue weighted by molar-refractivity contribution is -0.152. The lowest BCUT2D eigenvalue weighted by Gasteiger charge is -2.42. The summed E-state index contributed by atoms with van der Waals surface area (Å²) in [6.07, 6.45) is 3.38. The van der Waals surface area contributed by atoms with E-state index in [1.165, 1.54) is 0 Å². The standard InChI is InChI=1S/C17H27N3O3/c1-13-11-14(2)20(18-13)8-3-5-16(22)19-9-7-17(15(21)12-19)6-4-10-23-17/h11,15,21H,3-10,12H2,1-2H3/t15-,17-/m0/s1. The van der Waals surface area contributed by atoms with E-state index >= 15 is 0 Å². The summed E-state index contributed by atoms with van der Waals surface area (Å²) in [5.41, 5.74) is 1.75. The molecule has 2 aliphatic heterocycles. The van der Waals surface area contributed by atoms with Crippen molar-refractivity contribution in [2.24, 2.45) is 0 Å². The predicted molar refractivity (Wildman–Crippen MR) is 86.1 cm³/mol. The van der Waals surface area contributed by atoms with E-state index in [1.54, 1.807) is 4.90 Å². The number of carbonyl (C=O) groups is 1. The monoisotopic (exact) mass is 321 g/mol. The molecule has 3 rings (SSSR count). The number of hydrogen-bond acceptors (Lipinski definition) is 4. The summed E-state index contributed by atoms with van der Waals surface area (Å²) in [7, 11) is 0. The van der Waals surface area contributed by atoms with Crippen LogP contribution in [0, 0.1) is 13.8 Å². The first-order valence-corrected chi connectivity index (χ1v) is 8.61. The molecule has 6 nitrogen and oxygen atoms in total. The van der Waals surface area contributed by atoms with Crippen LogP contribution in [0.4, 0.5) is 0 Å². The molecule has 1 N–H and O–H groups in total. The number of ether oxygens (including phenoxy) is 1. The van der Waals surface area contributed by atoms with Crippen LogP contribution in [-0.4, -0.2) is 57.1 Å². The maximum absolute atomic E-state index is 12.4. The summed E-state index contributed by atoms with van der Waals surface area (Å²) >= 11 is 0. The first-order chi connectivity index (χ1) is 11.0. The van der Waals surface area contributed by atoms with Crippen molar-refractivity contribution in [1.82, 2.24) is 14.7 Å². The van der Waals surface area contributed by atoms with Crippen molar-refractivity contribution >= 4 is 5.91 Å². The molecule has 128 valence electrons. The SMILES string of the molecule is Cc1cc(C)n(CCCC(=O)N2CC[C@@]3(CCCO3)[C@@H](O)C2)n1. The summed E-state index contributed by atoms with van der Waals surface area (Å²) in [5, 5.41) is 14.8. The molecular formula is C17H27N3O3. The van der Waals surface area contributed by atoms with Gasteiger partial charge in [-0.2, -0.15) is 5.10 Å². The topological polar surface area (TPSA) is 67.6 Å². The Kier molecular flexibility index (Phi) is 4.73. The Morgan fingerprint density at radius 3 is 2.91 bits per heavy atom. The number of β-amino-alcohol motifs (C(OH)–C–C–N with tert-alkyl or cyclic N) is 1. The Morgan fingerprint density at radius 1 is 1.48 bits per heavy atom. The quantitative estimate of drug-likeness (QED) is 0.911. The lowest BCUT2D eigenvalue weighted by Crippen LogP contribution is -2.56. The number of nitrogens with zero attached hydrogens (tertiary/aromatic N) is 3. The van der Waals surface area contributed by atoms with Crippen LogP contribution >= 0.6 is 0 Å². The number of carbonyl (C=O) groups excluding carboxylic acids is 1. The molecular weight excluding hydrogens is 294 g/mol. The van der Waals surface area contributed by atoms with Crippen LogP contribution in [-0.2, 0) is 16.1 Å². The lowest BCUT2D eigenvalue weighted by atomic mass is 9.86. The molecule has 2 atom stereocenters. The van der Waals surface area contributed by atoms with Crippen LogP contribution in [0.15, 0.2) is 6.07 Å². The highest BCUT2D eigenvalue weighted by molar-refractivity contribution is 5.76. The molecule has 0 aromatic carbocycles. The van der Waals surface area contributed by atoms with Crippen molar-refractivity contribution in [2.45, 2.75) is 64.2 Å². The Labute approximate surface area is 137 Å². The van der Waals surface area contributed by atoms with Crippen molar-refractivity contribution in [1.29, 1.82) is 0 Å². The smallest absolute Gasteiger partial charge is 0.222 e. The molecule has 1 spiro atoms. The zero-order valence-electron chi connectivity index (χ0n) is 14.1. The maximum Gasteiger partial charge on any atom is 0.222 e. The molecule has 3 heterocycles. The third-order valence-electron chi connectivity index (χ3n) is 5.16. The van der Waals surface area contributed by atoms with Gasteiger partial charge < -0.3 is 14.7 Å². The molecule has 0 bridgehead atoms.